The van der Waals surface area contributed by atoms with Gasteiger partial charge < -0.3 is 24.3 Å². The molecule has 2 unspecified atom stereocenters. The van der Waals surface area contributed by atoms with Crippen molar-refractivity contribution < 1.29 is 18.7 Å². The first-order chi connectivity index (χ1) is 19.3. The molecule has 2 atom stereocenters. The van der Waals surface area contributed by atoms with E-state index in [0.29, 0.717) is 30.2 Å². The number of nitrogens with one attached hydrogen (secondary N) is 1. The summed E-state index contributed by atoms with van der Waals surface area (Å²) in [5, 5.41) is 3.04. The molecule has 4 aromatic rings. The molecule has 3 aliphatic heterocycles. The van der Waals surface area contributed by atoms with Crippen molar-refractivity contribution in [1.29, 1.82) is 0 Å². The molecule has 3 aromatic carbocycles. The molecular formula is C31H28FN5O3. The molecule has 2 fully saturated rings. The number of hydrogen-bond donors (Lipinski definition) is 1. The van der Waals surface area contributed by atoms with Crippen LogP contribution in [0.5, 0.6) is 0 Å². The Morgan fingerprint density at radius 2 is 1.77 bits per heavy atom. The molecule has 40 heavy (non-hydrogen) atoms. The van der Waals surface area contributed by atoms with Crippen molar-refractivity contribution in [3.63, 3.8) is 0 Å². The molecule has 1 aromatic heterocycles. The van der Waals surface area contributed by atoms with E-state index in [2.05, 4.69) is 15.2 Å². The average molecular weight is 538 g/mol. The molecule has 9 heteroatoms. The number of imidazole rings is 1. The van der Waals surface area contributed by atoms with Gasteiger partial charge in [0, 0.05) is 42.4 Å². The van der Waals surface area contributed by atoms with Gasteiger partial charge in [-0.2, -0.15) is 0 Å². The monoisotopic (exact) mass is 537 g/mol. The second-order valence-electron chi connectivity index (χ2n) is 10.8. The molecule has 0 aliphatic carbocycles. The highest BCUT2D eigenvalue weighted by Gasteiger charge is 2.47. The lowest BCUT2D eigenvalue weighted by Crippen LogP contribution is -2.30. The third-order valence-corrected chi connectivity index (χ3v) is 7.54. The van der Waals surface area contributed by atoms with Crippen LogP contribution in [0.25, 0.3) is 16.8 Å². The van der Waals surface area contributed by atoms with Crippen LogP contribution >= 0.6 is 0 Å². The molecule has 0 radical (unpaired) electrons. The number of hydrogen-bond acceptors (Lipinski definition) is 6. The second-order valence-corrected chi connectivity index (χ2v) is 10.8. The normalized spacial score (nSPS) is 21.4. The maximum atomic E-state index is 13.8. The summed E-state index contributed by atoms with van der Waals surface area (Å²) in [5.74, 6) is -1.06. The number of anilines is 2. The molecule has 3 aliphatic rings. The summed E-state index contributed by atoms with van der Waals surface area (Å²) in [6.45, 7) is 5.17. The highest BCUT2D eigenvalue weighted by atomic mass is 19.1. The Bertz CT molecular complexity index is 1620. The predicted octanol–water partition coefficient (Wildman–Crippen LogP) is 5.48. The van der Waals surface area contributed by atoms with Crippen molar-refractivity contribution in [3.8, 4) is 16.8 Å². The topological polar surface area (TPSA) is 81.0 Å². The quantitative estimate of drug-likeness (QED) is 0.373. The zero-order valence-electron chi connectivity index (χ0n) is 22.2. The highest BCUT2D eigenvalue weighted by molar-refractivity contribution is 6.17. The number of aliphatic imine (C=N–C) groups is 1. The van der Waals surface area contributed by atoms with Crippen LogP contribution in [0.1, 0.15) is 25.8 Å². The number of carbonyl (C=O) groups is 1. The first-order valence-corrected chi connectivity index (χ1v) is 13.3. The molecule has 0 spiro atoms. The van der Waals surface area contributed by atoms with Crippen molar-refractivity contribution in [1.82, 2.24) is 9.55 Å². The maximum absolute atomic E-state index is 13.8. The van der Waals surface area contributed by atoms with Crippen LogP contribution in [0.3, 0.4) is 0 Å². The number of carbonyl (C=O) groups excluding carboxylic acids is 1. The summed E-state index contributed by atoms with van der Waals surface area (Å²) < 4.78 is 28.0. The van der Waals surface area contributed by atoms with Gasteiger partial charge in [-0.3, -0.25) is 9.79 Å². The SMILES string of the molecule is CC1(C)OC2CN(c3cc4c(cc3-c3ccc(F)cc3)NC(=O)CC(c3cccc(-n5ccnc5)c3)=N4)CC2O1. The van der Waals surface area contributed by atoms with Crippen LogP contribution in [-0.2, 0) is 14.3 Å². The van der Waals surface area contributed by atoms with Gasteiger partial charge in [-0.25, -0.2) is 9.37 Å². The van der Waals surface area contributed by atoms with E-state index in [-0.39, 0.29) is 30.4 Å². The lowest BCUT2D eigenvalue weighted by atomic mass is 10.0. The first-order valence-electron chi connectivity index (χ1n) is 13.3. The molecule has 7 rings (SSSR count). The number of benzene rings is 3. The van der Waals surface area contributed by atoms with Crippen LogP contribution in [0.2, 0.25) is 0 Å². The summed E-state index contributed by atoms with van der Waals surface area (Å²) in [6, 6.07) is 18.2. The highest BCUT2D eigenvalue weighted by Crippen LogP contribution is 2.44. The van der Waals surface area contributed by atoms with E-state index < -0.39 is 5.79 Å². The number of aromatic nitrogens is 2. The first kappa shape index (κ1) is 24.7. The maximum Gasteiger partial charge on any atom is 0.230 e. The van der Waals surface area contributed by atoms with Gasteiger partial charge in [-0.15, -0.1) is 0 Å². The van der Waals surface area contributed by atoms with Crippen LogP contribution in [-0.4, -0.2) is 52.3 Å². The third kappa shape index (κ3) is 4.57. The van der Waals surface area contributed by atoms with E-state index in [1.807, 2.05) is 61.0 Å². The molecule has 0 saturated carbocycles. The van der Waals surface area contributed by atoms with Crippen LogP contribution in [0.4, 0.5) is 21.5 Å². The fourth-order valence-electron chi connectivity index (χ4n) is 5.77. The van der Waals surface area contributed by atoms with Gasteiger partial charge in [-0.1, -0.05) is 24.3 Å². The summed E-state index contributed by atoms with van der Waals surface area (Å²) >= 11 is 0. The minimum atomic E-state index is -0.607. The zero-order valence-corrected chi connectivity index (χ0v) is 22.2. The number of amides is 1. The van der Waals surface area contributed by atoms with E-state index in [1.165, 1.54) is 12.1 Å². The van der Waals surface area contributed by atoms with E-state index >= 15 is 0 Å². The van der Waals surface area contributed by atoms with Gasteiger partial charge in [0.15, 0.2) is 5.79 Å². The molecule has 1 amide bonds. The zero-order chi connectivity index (χ0) is 27.4. The minimum absolute atomic E-state index is 0.0560. The van der Waals surface area contributed by atoms with Crippen LogP contribution in [0, 0.1) is 5.82 Å². The van der Waals surface area contributed by atoms with Crippen molar-refractivity contribution in [2.45, 2.75) is 38.3 Å². The lowest BCUT2D eigenvalue weighted by Gasteiger charge is -2.27. The number of halogens is 1. The Labute approximate surface area is 231 Å². The van der Waals surface area contributed by atoms with Crippen LogP contribution < -0.4 is 10.2 Å². The predicted molar refractivity (Wildman–Crippen MR) is 151 cm³/mol. The van der Waals surface area contributed by atoms with Gasteiger partial charge in [0.1, 0.15) is 18.0 Å². The van der Waals surface area contributed by atoms with Crippen LogP contribution in [0.15, 0.2) is 84.4 Å². The van der Waals surface area contributed by atoms with Gasteiger partial charge in [0.2, 0.25) is 5.91 Å². The van der Waals surface area contributed by atoms with Crippen molar-refractivity contribution in [2.24, 2.45) is 4.99 Å². The lowest BCUT2D eigenvalue weighted by molar-refractivity contribution is -0.147. The smallest absolute Gasteiger partial charge is 0.230 e. The van der Waals surface area contributed by atoms with Gasteiger partial charge in [0.25, 0.3) is 0 Å². The molecule has 4 heterocycles. The summed E-state index contributed by atoms with van der Waals surface area (Å²) in [5.41, 5.74) is 6.38. The number of ether oxygens (including phenoxy) is 2. The van der Waals surface area contributed by atoms with E-state index in [9.17, 15) is 9.18 Å². The average Bonchev–Trinajstić information content (AvgIpc) is 3.62. The van der Waals surface area contributed by atoms with Crippen molar-refractivity contribution in [2.75, 3.05) is 23.3 Å². The molecule has 0 bridgehead atoms. The standard InChI is InChI=1S/C31H28FN5O3/c1-31(2)39-28-16-37(17-29(28)40-31)27-14-26-25(13-23(27)19-6-8-21(32)9-7-19)35-30(38)15-24(34-26)20-4-3-5-22(12-20)36-11-10-33-18-36/h3-14,18,28-29H,15-17H2,1-2H3,(H,35,38). The molecular weight excluding hydrogens is 509 g/mol. The summed E-state index contributed by atoms with van der Waals surface area (Å²) in [4.78, 5) is 24.5. The van der Waals surface area contributed by atoms with E-state index in [1.54, 1.807) is 24.7 Å². The van der Waals surface area contributed by atoms with Gasteiger partial charge in [0.05, 0.1) is 29.8 Å². The number of rotatable bonds is 4. The molecule has 1 N–H and O–H groups in total. The number of nitrogens with zero attached hydrogens (tertiary/aromatic N) is 4. The Kier molecular flexibility index (Phi) is 5.80. The summed E-state index contributed by atoms with van der Waals surface area (Å²) in [6.07, 6.45) is 5.36. The summed E-state index contributed by atoms with van der Waals surface area (Å²) in [7, 11) is 0. The Morgan fingerprint density at radius 1 is 1.00 bits per heavy atom. The number of fused-ring (bicyclic) bond motifs is 2. The largest absolute Gasteiger partial charge is 0.366 e. The van der Waals surface area contributed by atoms with Gasteiger partial charge in [-0.05, 0) is 61.4 Å². The Morgan fingerprint density at radius 3 is 2.50 bits per heavy atom. The molecule has 8 nitrogen and oxygen atoms in total. The Hall–Kier alpha value is -4.34. The van der Waals surface area contributed by atoms with Crippen molar-refractivity contribution in [3.05, 3.63) is 90.8 Å². The Balaban J connectivity index is 1.32. The fraction of sp³-hybridized carbons (Fsp3) is 0.258. The second kappa shape index (κ2) is 9.39. The minimum Gasteiger partial charge on any atom is -0.366 e. The van der Waals surface area contributed by atoms with Crippen molar-refractivity contribution >= 4 is 28.7 Å². The third-order valence-electron chi connectivity index (χ3n) is 7.54. The van der Waals surface area contributed by atoms with Gasteiger partial charge >= 0.3 is 0 Å². The molecule has 202 valence electrons. The molecule has 2 saturated heterocycles. The van der Waals surface area contributed by atoms with E-state index in [0.717, 1.165) is 28.1 Å². The fourth-order valence-corrected chi connectivity index (χ4v) is 5.77. The van der Waals surface area contributed by atoms with E-state index in [4.69, 9.17) is 14.5 Å².